The average molecular weight is 334 g/mol. The summed E-state index contributed by atoms with van der Waals surface area (Å²) >= 11 is 3.60. The molecule has 1 N–H and O–H groups in total. The van der Waals surface area contributed by atoms with Crippen molar-refractivity contribution in [3.8, 4) is 0 Å². The van der Waals surface area contributed by atoms with Crippen LogP contribution in [-0.2, 0) is 6.42 Å². The van der Waals surface area contributed by atoms with E-state index in [9.17, 15) is 0 Å². The third-order valence-electron chi connectivity index (χ3n) is 4.24. The molecule has 108 valence electrons. The highest BCUT2D eigenvalue weighted by Gasteiger charge is 2.34. The summed E-state index contributed by atoms with van der Waals surface area (Å²) in [6.07, 6.45) is 6.55. The van der Waals surface area contributed by atoms with Gasteiger partial charge in [0.05, 0.1) is 0 Å². The Morgan fingerprint density at radius 3 is 2.90 bits per heavy atom. The average Bonchev–Trinajstić information content (AvgIpc) is 2.44. The third kappa shape index (κ3) is 3.24. The van der Waals surface area contributed by atoms with Crippen LogP contribution in [-0.4, -0.2) is 6.54 Å². The summed E-state index contributed by atoms with van der Waals surface area (Å²) in [4.78, 5) is 0. The highest BCUT2D eigenvalue weighted by Crippen LogP contribution is 2.42. The lowest BCUT2D eigenvalue weighted by Crippen LogP contribution is -2.39. The molecular weight excluding hydrogens is 310 g/mol. The Balaban J connectivity index is 2.39. The van der Waals surface area contributed by atoms with Gasteiger partial charge in [0, 0.05) is 15.9 Å². The predicted molar refractivity (Wildman–Crippen MR) is 90.9 cm³/mol. The molecule has 1 aliphatic heterocycles. The maximum absolute atomic E-state index is 4.10. The van der Waals surface area contributed by atoms with E-state index in [1.807, 2.05) is 0 Å². The third-order valence-corrected chi connectivity index (χ3v) is 4.73. The van der Waals surface area contributed by atoms with Crippen molar-refractivity contribution in [2.24, 2.45) is 5.41 Å². The van der Waals surface area contributed by atoms with E-state index in [4.69, 9.17) is 0 Å². The lowest BCUT2D eigenvalue weighted by molar-refractivity contribution is 0.279. The molecule has 1 aromatic carbocycles. The molecule has 0 bridgehead atoms. The van der Waals surface area contributed by atoms with Crippen LogP contribution in [0.4, 0.5) is 0 Å². The molecule has 0 fully saturated rings. The van der Waals surface area contributed by atoms with E-state index in [0.29, 0.717) is 6.04 Å². The molecule has 1 aromatic rings. The van der Waals surface area contributed by atoms with Crippen LogP contribution < -0.4 is 5.32 Å². The van der Waals surface area contributed by atoms with E-state index in [2.05, 4.69) is 78.9 Å². The van der Waals surface area contributed by atoms with Gasteiger partial charge in [-0.05, 0) is 56.5 Å². The van der Waals surface area contributed by atoms with Gasteiger partial charge in [-0.15, -0.1) is 6.58 Å². The van der Waals surface area contributed by atoms with Crippen LogP contribution in [0.2, 0.25) is 0 Å². The highest BCUT2D eigenvalue weighted by atomic mass is 79.9. The number of rotatable bonds is 4. The number of hydrogen-bond acceptors (Lipinski definition) is 1. The van der Waals surface area contributed by atoms with E-state index in [1.165, 1.54) is 16.7 Å². The van der Waals surface area contributed by atoms with Crippen molar-refractivity contribution in [3.63, 3.8) is 0 Å². The number of halogens is 1. The van der Waals surface area contributed by atoms with Crippen molar-refractivity contribution in [2.75, 3.05) is 6.54 Å². The van der Waals surface area contributed by atoms with Crippen molar-refractivity contribution < 1.29 is 0 Å². The summed E-state index contributed by atoms with van der Waals surface area (Å²) in [6, 6.07) is 6.98. The second kappa shape index (κ2) is 6.28. The van der Waals surface area contributed by atoms with Gasteiger partial charge in [0.25, 0.3) is 0 Å². The zero-order valence-corrected chi connectivity index (χ0v) is 14.3. The SMILES string of the molecule is C=C[C@@](C)(CC=C(C)C)[C@H]1NCCc2ccc(Br)cc21. The molecule has 1 aliphatic rings. The Hall–Kier alpha value is -0.860. The molecule has 2 atom stereocenters. The Morgan fingerprint density at radius 1 is 1.50 bits per heavy atom. The van der Waals surface area contributed by atoms with Gasteiger partial charge < -0.3 is 5.32 Å². The zero-order valence-electron chi connectivity index (χ0n) is 12.7. The van der Waals surface area contributed by atoms with E-state index in [1.54, 1.807) is 0 Å². The van der Waals surface area contributed by atoms with Gasteiger partial charge >= 0.3 is 0 Å². The zero-order chi connectivity index (χ0) is 14.8. The van der Waals surface area contributed by atoms with Crippen LogP contribution >= 0.6 is 15.9 Å². The first-order valence-electron chi connectivity index (χ1n) is 7.25. The van der Waals surface area contributed by atoms with Gasteiger partial charge in [0.1, 0.15) is 0 Å². The van der Waals surface area contributed by atoms with Gasteiger partial charge in [0.15, 0.2) is 0 Å². The lowest BCUT2D eigenvalue weighted by atomic mass is 9.73. The summed E-state index contributed by atoms with van der Waals surface area (Å²) in [6.45, 7) is 11.7. The number of allylic oxidation sites excluding steroid dienone is 2. The lowest BCUT2D eigenvalue weighted by Gasteiger charge is -2.39. The predicted octanol–water partition coefficient (Wildman–Crippen LogP) is 5.18. The highest BCUT2D eigenvalue weighted by molar-refractivity contribution is 9.10. The van der Waals surface area contributed by atoms with E-state index in [0.717, 1.165) is 23.9 Å². The number of hydrogen-bond donors (Lipinski definition) is 1. The maximum Gasteiger partial charge on any atom is 0.0415 e. The van der Waals surface area contributed by atoms with Crippen molar-refractivity contribution in [1.29, 1.82) is 0 Å². The maximum atomic E-state index is 4.10. The largest absolute Gasteiger partial charge is 0.309 e. The van der Waals surface area contributed by atoms with Crippen LogP contribution in [0.5, 0.6) is 0 Å². The molecule has 0 saturated carbocycles. The van der Waals surface area contributed by atoms with Crippen LogP contribution in [0.1, 0.15) is 44.4 Å². The van der Waals surface area contributed by atoms with Crippen LogP contribution in [0.15, 0.2) is 47.0 Å². The van der Waals surface area contributed by atoms with Crippen molar-refractivity contribution in [2.45, 2.75) is 39.7 Å². The Morgan fingerprint density at radius 2 is 2.25 bits per heavy atom. The minimum atomic E-state index is 0.0350. The first-order valence-corrected chi connectivity index (χ1v) is 8.04. The van der Waals surface area contributed by atoms with E-state index in [-0.39, 0.29) is 5.41 Å². The van der Waals surface area contributed by atoms with Crippen LogP contribution in [0.25, 0.3) is 0 Å². The second-order valence-corrected chi connectivity index (χ2v) is 7.09. The minimum absolute atomic E-state index is 0.0350. The van der Waals surface area contributed by atoms with Gasteiger partial charge in [-0.25, -0.2) is 0 Å². The summed E-state index contributed by atoms with van der Waals surface area (Å²) in [5.41, 5.74) is 4.27. The molecule has 0 aromatic heterocycles. The molecule has 20 heavy (non-hydrogen) atoms. The van der Waals surface area contributed by atoms with Crippen molar-refractivity contribution in [3.05, 3.63) is 58.1 Å². The molecule has 0 amide bonds. The Bertz CT molecular complexity index is 528. The fourth-order valence-corrected chi connectivity index (χ4v) is 3.23. The molecule has 2 rings (SSSR count). The first-order chi connectivity index (χ1) is 9.46. The monoisotopic (exact) mass is 333 g/mol. The quantitative estimate of drug-likeness (QED) is 0.748. The van der Waals surface area contributed by atoms with Gasteiger partial charge in [-0.1, -0.05) is 46.6 Å². The van der Waals surface area contributed by atoms with Crippen molar-refractivity contribution in [1.82, 2.24) is 5.32 Å². The molecule has 0 unspecified atom stereocenters. The fourth-order valence-electron chi connectivity index (χ4n) is 2.85. The number of nitrogens with one attached hydrogen (secondary N) is 1. The summed E-state index contributed by atoms with van der Waals surface area (Å²) in [5.74, 6) is 0. The van der Waals surface area contributed by atoms with E-state index < -0.39 is 0 Å². The molecule has 0 saturated heterocycles. The fraction of sp³-hybridized carbons (Fsp3) is 0.444. The first kappa shape index (κ1) is 15.5. The minimum Gasteiger partial charge on any atom is -0.309 e. The second-order valence-electron chi connectivity index (χ2n) is 6.18. The molecule has 0 radical (unpaired) electrons. The summed E-state index contributed by atoms with van der Waals surface area (Å²) in [5, 5.41) is 3.70. The number of fused-ring (bicyclic) bond motifs is 1. The molecule has 1 heterocycles. The molecular formula is C18H24BrN. The van der Waals surface area contributed by atoms with Gasteiger partial charge in [-0.2, -0.15) is 0 Å². The number of benzene rings is 1. The van der Waals surface area contributed by atoms with Gasteiger partial charge in [0.2, 0.25) is 0 Å². The topological polar surface area (TPSA) is 12.0 Å². The molecule has 0 aliphatic carbocycles. The molecule has 1 nitrogen and oxygen atoms in total. The summed E-state index contributed by atoms with van der Waals surface area (Å²) < 4.78 is 1.15. The smallest absolute Gasteiger partial charge is 0.0415 e. The normalized spacial score (nSPS) is 20.7. The Labute approximate surface area is 131 Å². The van der Waals surface area contributed by atoms with Crippen LogP contribution in [0.3, 0.4) is 0 Å². The summed E-state index contributed by atoms with van der Waals surface area (Å²) in [7, 11) is 0. The Kier molecular flexibility index (Phi) is 4.87. The van der Waals surface area contributed by atoms with Crippen molar-refractivity contribution >= 4 is 15.9 Å². The molecule has 0 spiro atoms. The van der Waals surface area contributed by atoms with Gasteiger partial charge in [-0.3, -0.25) is 0 Å². The van der Waals surface area contributed by atoms with Crippen LogP contribution in [0, 0.1) is 5.41 Å². The molecule has 2 heteroatoms. The van der Waals surface area contributed by atoms with E-state index >= 15 is 0 Å². The standard InChI is InChI=1S/C18H24BrN/c1-5-18(4,10-8-13(2)3)17-16-12-15(19)7-6-14(16)9-11-20-17/h5-8,12,17,20H,1,9-11H2,2-4H3/t17-,18-/m0/s1.